The Balaban J connectivity index is 1.43. The van der Waals surface area contributed by atoms with Gasteiger partial charge >= 0.3 is 0 Å². The highest BCUT2D eigenvalue weighted by atomic mass is 16.5. The third kappa shape index (κ3) is 4.42. The van der Waals surface area contributed by atoms with Gasteiger partial charge in [0.05, 0.1) is 12.6 Å². The molecule has 0 spiro atoms. The van der Waals surface area contributed by atoms with Gasteiger partial charge in [-0.3, -0.25) is 9.59 Å². The molecule has 1 N–H and O–H groups in total. The van der Waals surface area contributed by atoms with Gasteiger partial charge in [-0.1, -0.05) is 34.3 Å². The first kappa shape index (κ1) is 22.8. The molecule has 4 rings (SSSR count). The van der Waals surface area contributed by atoms with E-state index in [1.165, 1.54) is 12.8 Å². The molecule has 0 radical (unpaired) electrons. The van der Waals surface area contributed by atoms with E-state index in [0.29, 0.717) is 49.1 Å². The van der Waals surface area contributed by atoms with Gasteiger partial charge in [-0.15, -0.1) is 0 Å². The van der Waals surface area contributed by atoms with E-state index < -0.39 is 0 Å². The van der Waals surface area contributed by atoms with Crippen molar-refractivity contribution in [3.63, 3.8) is 0 Å². The van der Waals surface area contributed by atoms with Crippen molar-refractivity contribution in [2.24, 2.45) is 11.3 Å². The topological polar surface area (TPSA) is 61.9 Å². The molecule has 3 atom stereocenters. The molecule has 0 aromatic heterocycles. The molecule has 2 aliphatic heterocycles. The molecule has 0 bridgehead atoms. The second-order valence-electron chi connectivity index (χ2n) is 10.3. The summed E-state index contributed by atoms with van der Waals surface area (Å²) in [6.07, 6.45) is 3.42. The Hall–Kier alpha value is -2.34. The first-order valence-electron chi connectivity index (χ1n) is 12.0. The minimum absolute atomic E-state index is 0.00740. The van der Waals surface area contributed by atoms with Crippen LogP contribution in [-0.2, 0) is 11.3 Å². The molecule has 1 aromatic rings. The van der Waals surface area contributed by atoms with Gasteiger partial charge in [-0.05, 0) is 61.5 Å². The molecule has 1 aliphatic carbocycles. The van der Waals surface area contributed by atoms with E-state index in [9.17, 15) is 9.59 Å². The number of ether oxygens (including phenoxy) is 1. The largest absolute Gasteiger partial charge is 0.493 e. The number of piperidine rings is 1. The number of rotatable bonds is 7. The summed E-state index contributed by atoms with van der Waals surface area (Å²) in [6, 6.07) is 6.23. The highest BCUT2D eigenvalue weighted by Gasteiger charge is 2.42. The lowest BCUT2D eigenvalue weighted by molar-refractivity contribution is -0.121. The van der Waals surface area contributed by atoms with Crippen LogP contribution in [0.25, 0.3) is 0 Å². The van der Waals surface area contributed by atoms with Gasteiger partial charge in [0.25, 0.3) is 5.91 Å². The van der Waals surface area contributed by atoms with Crippen molar-refractivity contribution >= 4 is 11.8 Å². The normalized spacial score (nSPS) is 27.1. The third-order valence-corrected chi connectivity index (χ3v) is 7.50. The lowest BCUT2D eigenvalue weighted by Gasteiger charge is -2.32. The fourth-order valence-electron chi connectivity index (χ4n) is 5.93. The Bertz CT molecular complexity index is 906. The van der Waals surface area contributed by atoms with E-state index in [-0.39, 0.29) is 17.9 Å². The van der Waals surface area contributed by atoms with Gasteiger partial charge in [-0.2, -0.15) is 0 Å². The van der Waals surface area contributed by atoms with Crippen molar-refractivity contribution in [3.8, 4) is 5.75 Å². The smallest absolute Gasteiger partial charge is 0.255 e. The molecule has 174 valence electrons. The van der Waals surface area contributed by atoms with Crippen LogP contribution in [0.2, 0.25) is 0 Å². The van der Waals surface area contributed by atoms with Crippen LogP contribution in [0.1, 0.15) is 69.3 Å². The van der Waals surface area contributed by atoms with Gasteiger partial charge in [0.1, 0.15) is 5.75 Å². The maximum absolute atomic E-state index is 13.0. The van der Waals surface area contributed by atoms with Crippen LogP contribution in [0.15, 0.2) is 30.5 Å². The van der Waals surface area contributed by atoms with Gasteiger partial charge < -0.3 is 19.9 Å². The SMILES string of the molecule is C=C1NC(=O)CCC1N1Cc2cc(OCC3CC(C)(C)C[C@H]3N(CC)CC)ccc2C1=O. The van der Waals surface area contributed by atoms with Crippen molar-refractivity contribution in [2.75, 3.05) is 19.7 Å². The van der Waals surface area contributed by atoms with Crippen LogP contribution in [0, 0.1) is 11.3 Å². The molecule has 2 heterocycles. The fourth-order valence-corrected chi connectivity index (χ4v) is 5.93. The number of amides is 2. The molecule has 6 nitrogen and oxygen atoms in total. The molecule has 3 aliphatic rings. The molecular formula is C26H37N3O3. The number of nitrogens with zero attached hydrogens (tertiary/aromatic N) is 2. The lowest BCUT2D eigenvalue weighted by Crippen LogP contribution is -2.45. The van der Waals surface area contributed by atoms with Crippen LogP contribution >= 0.6 is 0 Å². The predicted molar refractivity (Wildman–Crippen MR) is 125 cm³/mol. The van der Waals surface area contributed by atoms with E-state index >= 15 is 0 Å². The summed E-state index contributed by atoms with van der Waals surface area (Å²) in [5, 5.41) is 2.79. The standard InChI is InChI=1S/C26H37N3O3/c1-6-28(7-2)23-14-26(4,5)13-19(23)16-32-20-8-9-21-18(12-20)15-29(25(21)31)22-10-11-24(30)27-17(22)3/h8-9,12,19,22-23H,3,6-7,10-11,13-16H2,1-2,4-5H3,(H,27,30)/t19?,22?,23-/m1/s1. The second-order valence-corrected chi connectivity index (χ2v) is 10.3. The first-order chi connectivity index (χ1) is 15.2. The average molecular weight is 440 g/mol. The summed E-state index contributed by atoms with van der Waals surface area (Å²) in [6.45, 7) is 16.5. The molecule has 1 saturated carbocycles. The van der Waals surface area contributed by atoms with E-state index in [1.807, 2.05) is 23.1 Å². The van der Waals surface area contributed by atoms with Crippen molar-refractivity contribution in [1.29, 1.82) is 0 Å². The maximum atomic E-state index is 13.0. The minimum atomic E-state index is -0.146. The summed E-state index contributed by atoms with van der Waals surface area (Å²) in [7, 11) is 0. The van der Waals surface area contributed by atoms with Crippen LogP contribution < -0.4 is 10.1 Å². The lowest BCUT2D eigenvalue weighted by atomic mass is 9.91. The Labute approximate surface area is 192 Å². The number of carbonyl (C=O) groups is 2. The van der Waals surface area contributed by atoms with Gasteiger partial charge in [0.2, 0.25) is 5.91 Å². The van der Waals surface area contributed by atoms with Crippen molar-refractivity contribution < 1.29 is 14.3 Å². The number of fused-ring (bicyclic) bond motifs is 1. The first-order valence-corrected chi connectivity index (χ1v) is 12.0. The number of carbonyl (C=O) groups excluding carboxylic acids is 2. The molecule has 1 saturated heterocycles. The predicted octanol–water partition coefficient (Wildman–Crippen LogP) is 3.96. The van der Waals surface area contributed by atoms with Gasteiger partial charge in [-0.25, -0.2) is 0 Å². The average Bonchev–Trinajstić information content (AvgIpc) is 3.23. The molecule has 2 fully saturated rings. The van der Waals surface area contributed by atoms with Crippen molar-refractivity contribution in [3.05, 3.63) is 41.6 Å². The summed E-state index contributed by atoms with van der Waals surface area (Å²) in [5.41, 5.74) is 2.67. The van der Waals surface area contributed by atoms with Crippen molar-refractivity contribution in [1.82, 2.24) is 15.1 Å². The Morgan fingerprint density at radius 2 is 1.97 bits per heavy atom. The number of hydrogen-bond donors (Lipinski definition) is 1. The summed E-state index contributed by atoms with van der Waals surface area (Å²) in [5.74, 6) is 1.32. The molecule has 32 heavy (non-hydrogen) atoms. The van der Waals surface area contributed by atoms with Crippen LogP contribution in [-0.4, -0.2) is 53.4 Å². The number of hydrogen-bond acceptors (Lipinski definition) is 4. The molecular weight excluding hydrogens is 402 g/mol. The Morgan fingerprint density at radius 1 is 1.22 bits per heavy atom. The zero-order valence-electron chi connectivity index (χ0n) is 19.9. The van der Waals surface area contributed by atoms with E-state index in [1.54, 1.807) is 0 Å². The summed E-state index contributed by atoms with van der Waals surface area (Å²) >= 11 is 0. The molecule has 2 amide bonds. The zero-order chi connectivity index (χ0) is 23.0. The number of benzene rings is 1. The van der Waals surface area contributed by atoms with Gasteiger partial charge in [0.15, 0.2) is 0 Å². The molecule has 6 heteroatoms. The Kier molecular flexibility index (Phi) is 6.35. The monoisotopic (exact) mass is 439 g/mol. The van der Waals surface area contributed by atoms with E-state index in [2.05, 4.69) is 44.5 Å². The maximum Gasteiger partial charge on any atom is 0.255 e. The second kappa shape index (κ2) is 8.89. The fraction of sp³-hybridized carbons (Fsp3) is 0.615. The van der Waals surface area contributed by atoms with E-state index in [4.69, 9.17) is 4.74 Å². The van der Waals surface area contributed by atoms with Gasteiger partial charge in [0, 0.05) is 36.2 Å². The zero-order valence-corrected chi connectivity index (χ0v) is 19.9. The molecule has 1 aromatic carbocycles. The minimum Gasteiger partial charge on any atom is -0.493 e. The Morgan fingerprint density at radius 3 is 2.66 bits per heavy atom. The number of nitrogens with one attached hydrogen (secondary N) is 1. The highest BCUT2D eigenvalue weighted by Crippen LogP contribution is 2.43. The summed E-state index contributed by atoms with van der Waals surface area (Å²) < 4.78 is 6.30. The quantitative estimate of drug-likeness (QED) is 0.699. The van der Waals surface area contributed by atoms with Crippen LogP contribution in [0.3, 0.4) is 0 Å². The van der Waals surface area contributed by atoms with Crippen LogP contribution in [0.5, 0.6) is 5.75 Å². The summed E-state index contributed by atoms with van der Waals surface area (Å²) in [4.78, 5) is 29.0. The highest BCUT2D eigenvalue weighted by molar-refractivity contribution is 5.99. The van der Waals surface area contributed by atoms with E-state index in [0.717, 1.165) is 30.0 Å². The van der Waals surface area contributed by atoms with Crippen molar-refractivity contribution in [2.45, 2.75) is 72.0 Å². The third-order valence-electron chi connectivity index (χ3n) is 7.50. The molecule has 2 unspecified atom stereocenters. The van der Waals surface area contributed by atoms with Crippen LogP contribution in [0.4, 0.5) is 0 Å².